The van der Waals surface area contributed by atoms with Gasteiger partial charge in [0.25, 0.3) is 0 Å². The largest absolute Gasteiger partial charge is 0.495 e. The lowest BCUT2D eigenvalue weighted by molar-refractivity contribution is -0.161. The Hall–Kier alpha value is -3.79. The second-order valence-corrected chi connectivity index (χ2v) is 10.2. The molecule has 0 atom stereocenters. The minimum Gasteiger partial charge on any atom is -0.495 e. The van der Waals surface area contributed by atoms with Gasteiger partial charge in [-0.15, -0.1) is 0 Å². The summed E-state index contributed by atoms with van der Waals surface area (Å²) in [6.45, 7) is 5.80. The Balaban J connectivity index is 1.44. The number of methoxy groups -OCH3 is 1. The first-order valence-corrected chi connectivity index (χ1v) is 12.6. The molecule has 38 heavy (non-hydrogen) atoms. The monoisotopic (exact) mass is 523 g/mol. The molecule has 0 amide bonds. The fraction of sp³-hybridized carbons (Fsp3) is 0.429. The molecule has 0 bridgehead atoms. The standard InChI is InChI=1S/C28H34FN5O4/c1-27(2,3)38-26(35)19-37-20-28(29)12-14-33(15-13-28)24-17-30-18-25(32-24)34(21-8-6-5-7-9-21)23-11-10-22(36-4)16-31-23/h5-11,16-18H,12-15,19-20H2,1-4H3. The lowest BCUT2D eigenvalue weighted by Crippen LogP contribution is -2.45. The van der Waals surface area contributed by atoms with E-state index in [0.717, 1.165) is 5.69 Å². The third-order valence-electron chi connectivity index (χ3n) is 6.02. The first kappa shape index (κ1) is 27.3. The zero-order valence-electron chi connectivity index (χ0n) is 22.3. The third-order valence-corrected chi connectivity index (χ3v) is 6.02. The van der Waals surface area contributed by atoms with Gasteiger partial charge in [-0.3, -0.25) is 9.88 Å². The lowest BCUT2D eigenvalue weighted by atomic mass is 9.94. The number of hydrogen-bond donors (Lipinski definition) is 0. The summed E-state index contributed by atoms with van der Waals surface area (Å²) in [5.41, 5.74) is -1.25. The van der Waals surface area contributed by atoms with Crippen molar-refractivity contribution in [2.45, 2.75) is 44.9 Å². The van der Waals surface area contributed by atoms with Crippen molar-refractivity contribution >= 4 is 29.1 Å². The normalized spacial score (nSPS) is 15.1. The molecule has 3 aromatic rings. The molecular formula is C28H34FN5O4. The fourth-order valence-electron chi connectivity index (χ4n) is 4.16. The van der Waals surface area contributed by atoms with Gasteiger partial charge in [-0.2, -0.15) is 0 Å². The van der Waals surface area contributed by atoms with Crippen LogP contribution in [0.5, 0.6) is 5.75 Å². The number of alkyl halides is 1. The number of nitrogens with zero attached hydrogens (tertiary/aromatic N) is 5. The molecule has 202 valence electrons. The summed E-state index contributed by atoms with van der Waals surface area (Å²) in [6.07, 6.45) is 5.50. The van der Waals surface area contributed by atoms with Crippen LogP contribution in [-0.4, -0.2) is 65.6 Å². The number of hydrogen-bond acceptors (Lipinski definition) is 9. The van der Waals surface area contributed by atoms with Crippen LogP contribution in [0.15, 0.2) is 61.1 Å². The van der Waals surface area contributed by atoms with Gasteiger partial charge in [-0.05, 0) is 45.0 Å². The Kier molecular flexibility index (Phi) is 8.41. The molecule has 3 heterocycles. The van der Waals surface area contributed by atoms with E-state index in [1.165, 1.54) is 0 Å². The molecule has 0 N–H and O–H groups in total. The first-order valence-electron chi connectivity index (χ1n) is 12.6. The van der Waals surface area contributed by atoms with E-state index in [0.29, 0.717) is 36.3 Å². The SMILES string of the molecule is COc1ccc(N(c2ccccc2)c2cncc(N3CCC(F)(COCC(=O)OC(C)(C)C)CC3)n2)nc1. The van der Waals surface area contributed by atoms with E-state index in [-0.39, 0.29) is 26.1 Å². The van der Waals surface area contributed by atoms with Crippen LogP contribution < -0.4 is 14.5 Å². The molecule has 1 saturated heterocycles. The van der Waals surface area contributed by atoms with Gasteiger partial charge < -0.3 is 19.1 Å². The molecule has 0 spiro atoms. The minimum absolute atomic E-state index is 0.156. The van der Waals surface area contributed by atoms with Crippen LogP contribution in [0.1, 0.15) is 33.6 Å². The van der Waals surface area contributed by atoms with Crippen LogP contribution in [0.4, 0.5) is 27.5 Å². The van der Waals surface area contributed by atoms with Crippen LogP contribution in [0, 0.1) is 0 Å². The van der Waals surface area contributed by atoms with Gasteiger partial charge in [0.05, 0.1) is 32.3 Å². The van der Waals surface area contributed by atoms with Gasteiger partial charge in [0.15, 0.2) is 5.82 Å². The van der Waals surface area contributed by atoms with Crippen LogP contribution in [-0.2, 0) is 14.3 Å². The predicted octanol–water partition coefficient (Wildman–Crippen LogP) is 5.02. The Morgan fingerprint density at radius 3 is 2.42 bits per heavy atom. The number of aromatic nitrogens is 3. The topological polar surface area (TPSA) is 89.9 Å². The third kappa shape index (κ3) is 7.16. The maximum absolute atomic E-state index is 15.4. The van der Waals surface area contributed by atoms with Crippen molar-refractivity contribution in [2.24, 2.45) is 0 Å². The maximum Gasteiger partial charge on any atom is 0.332 e. The molecule has 0 unspecified atom stereocenters. The highest BCUT2D eigenvalue weighted by Gasteiger charge is 2.36. The Morgan fingerprint density at radius 2 is 1.79 bits per heavy atom. The Morgan fingerprint density at radius 1 is 1.05 bits per heavy atom. The van der Waals surface area contributed by atoms with E-state index in [1.807, 2.05) is 52.3 Å². The number of carbonyl (C=O) groups excluding carboxylic acids is 1. The van der Waals surface area contributed by atoms with Crippen molar-refractivity contribution in [3.8, 4) is 5.75 Å². The number of piperidine rings is 1. The Labute approximate surface area is 222 Å². The van der Waals surface area contributed by atoms with Crippen molar-refractivity contribution in [3.63, 3.8) is 0 Å². The molecule has 10 heteroatoms. The second-order valence-electron chi connectivity index (χ2n) is 10.2. The van der Waals surface area contributed by atoms with Gasteiger partial charge in [-0.1, -0.05) is 18.2 Å². The average Bonchev–Trinajstić information content (AvgIpc) is 2.89. The molecule has 0 radical (unpaired) electrons. The summed E-state index contributed by atoms with van der Waals surface area (Å²) in [5.74, 6) is 2.05. The molecular weight excluding hydrogens is 489 g/mol. The zero-order valence-corrected chi connectivity index (χ0v) is 22.3. The lowest BCUT2D eigenvalue weighted by Gasteiger charge is -2.37. The predicted molar refractivity (Wildman–Crippen MR) is 143 cm³/mol. The van der Waals surface area contributed by atoms with E-state index in [1.54, 1.807) is 46.5 Å². The summed E-state index contributed by atoms with van der Waals surface area (Å²) < 4.78 is 31.2. The number of rotatable bonds is 9. The molecule has 0 aliphatic carbocycles. The van der Waals surface area contributed by atoms with Crippen LogP contribution >= 0.6 is 0 Å². The number of ether oxygens (including phenoxy) is 3. The number of halogens is 1. The number of benzene rings is 1. The van der Waals surface area contributed by atoms with Crippen molar-refractivity contribution in [1.82, 2.24) is 15.0 Å². The van der Waals surface area contributed by atoms with Crippen LogP contribution in [0.3, 0.4) is 0 Å². The average molecular weight is 524 g/mol. The van der Waals surface area contributed by atoms with Crippen molar-refractivity contribution < 1.29 is 23.4 Å². The Bertz CT molecular complexity index is 1200. The quantitative estimate of drug-likeness (QED) is 0.359. The molecule has 1 aromatic carbocycles. The fourth-order valence-corrected chi connectivity index (χ4v) is 4.16. The molecule has 1 aliphatic heterocycles. The van der Waals surface area contributed by atoms with Crippen molar-refractivity contribution in [3.05, 3.63) is 61.1 Å². The number of para-hydroxylation sites is 1. The number of carbonyl (C=O) groups is 1. The number of esters is 1. The highest BCUT2D eigenvalue weighted by atomic mass is 19.1. The summed E-state index contributed by atoms with van der Waals surface area (Å²) in [4.78, 5) is 29.6. The van der Waals surface area contributed by atoms with Gasteiger partial charge in [0, 0.05) is 31.6 Å². The van der Waals surface area contributed by atoms with E-state index in [9.17, 15) is 4.79 Å². The number of pyridine rings is 1. The minimum atomic E-state index is -1.52. The van der Waals surface area contributed by atoms with Crippen LogP contribution in [0.2, 0.25) is 0 Å². The summed E-state index contributed by atoms with van der Waals surface area (Å²) >= 11 is 0. The summed E-state index contributed by atoms with van der Waals surface area (Å²) in [6, 6.07) is 13.5. The number of anilines is 4. The maximum atomic E-state index is 15.4. The van der Waals surface area contributed by atoms with Gasteiger partial charge in [0.2, 0.25) is 0 Å². The summed E-state index contributed by atoms with van der Waals surface area (Å²) in [5, 5.41) is 0. The molecule has 2 aromatic heterocycles. The van der Waals surface area contributed by atoms with Gasteiger partial charge in [-0.25, -0.2) is 19.2 Å². The smallest absolute Gasteiger partial charge is 0.332 e. The molecule has 1 aliphatic rings. The van der Waals surface area contributed by atoms with E-state index in [2.05, 4.69) is 9.97 Å². The van der Waals surface area contributed by atoms with Gasteiger partial charge >= 0.3 is 5.97 Å². The second kappa shape index (κ2) is 11.7. The zero-order chi connectivity index (χ0) is 27.2. The molecule has 4 rings (SSSR count). The van der Waals surface area contributed by atoms with Crippen molar-refractivity contribution in [1.29, 1.82) is 0 Å². The highest BCUT2D eigenvalue weighted by molar-refractivity contribution is 5.72. The van der Waals surface area contributed by atoms with Crippen molar-refractivity contribution in [2.75, 3.05) is 43.2 Å². The highest BCUT2D eigenvalue weighted by Crippen LogP contribution is 2.34. The summed E-state index contributed by atoms with van der Waals surface area (Å²) in [7, 11) is 1.60. The van der Waals surface area contributed by atoms with E-state index < -0.39 is 17.2 Å². The van der Waals surface area contributed by atoms with Gasteiger partial charge in [0.1, 0.15) is 35.3 Å². The first-order chi connectivity index (χ1) is 18.2. The molecule has 0 saturated carbocycles. The molecule has 9 nitrogen and oxygen atoms in total. The van der Waals surface area contributed by atoms with E-state index in [4.69, 9.17) is 19.2 Å². The molecule has 1 fully saturated rings. The van der Waals surface area contributed by atoms with E-state index >= 15 is 4.39 Å². The van der Waals surface area contributed by atoms with Crippen LogP contribution in [0.25, 0.3) is 0 Å².